The Hall–Kier alpha value is -2.19. The van der Waals surface area contributed by atoms with Gasteiger partial charge in [0, 0.05) is 35.4 Å². The van der Waals surface area contributed by atoms with Crippen LogP contribution in [0.25, 0.3) is 0 Å². The summed E-state index contributed by atoms with van der Waals surface area (Å²) in [5.74, 6) is -3.31. The van der Waals surface area contributed by atoms with Gasteiger partial charge in [-0.15, -0.1) is 0 Å². The number of fused-ring (bicyclic) bond motifs is 3. The summed E-state index contributed by atoms with van der Waals surface area (Å²) in [5.41, 5.74) is -1.14. The highest BCUT2D eigenvalue weighted by Gasteiger charge is 2.72. The van der Waals surface area contributed by atoms with E-state index in [1.165, 1.54) is 12.1 Å². The van der Waals surface area contributed by atoms with E-state index in [2.05, 4.69) is 10.6 Å². The van der Waals surface area contributed by atoms with Crippen LogP contribution >= 0.6 is 23.2 Å². The predicted octanol–water partition coefficient (Wildman–Crippen LogP) is 3.71. The van der Waals surface area contributed by atoms with Gasteiger partial charge in [0.15, 0.2) is 0 Å². The monoisotopic (exact) mass is 464 g/mol. The van der Waals surface area contributed by atoms with Crippen molar-refractivity contribution >= 4 is 40.8 Å². The van der Waals surface area contributed by atoms with Crippen LogP contribution in [0.4, 0.5) is 10.1 Å². The minimum absolute atomic E-state index is 0.0914. The minimum atomic E-state index is -1.38. The maximum Gasteiger partial charge on any atom is 0.321 e. The lowest BCUT2D eigenvalue weighted by atomic mass is 9.57. The van der Waals surface area contributed by atoms with E-state index in [1.54, 1.807) is 24.3 Å². The number of hydrogen-bond acceptors (Lipinski definition) is 4. The van der Waals surface area contributed by atoms with Gasteiger partial charge in [0.2, 0.25) is 5.91 Å². The molecule has 0 aromatic heterocycles. The lowest BCUT2D eigenvalue weighted by molar-refractivity contribution is -0.139. The van der Waals surface area contributed by atoms with Crippen LogP contribution in [-0.2, 0) is 19.7 Å². The molecule has 0 unspecified atom stereocenters. The Balaban J connectivity index is 1.86. The van der Waals surface area contributed by atoms with Gasteiger partial charge < -0.3 is 15.2 Å². The number of carbonyl (C=O) groups is 2. The Morgan fingerprint density at radius 1 is 1.19 bits per heavy atom. The number of ether oxygens (including phenoxy) is 1. The molecule has 0 radical (unpaired) electrons. The quantitative estimate of drug-likeness (QED) is 0.630. The van der Waals surface area contributed by atoms with Crippen molar-refractivity contribution in [3.8, 4) is 0 Å². The molecule has 162 valence electrons. The number of carbonyl (C=O) groups excluding carboxylic acids is 1. The number of anilines is 1. The molecule has 2 saturated heterocycles. The highest BCUT2D eigenvalue weighted by Crippen LogP contribution is 2.61. The summed E-state index contributed by atoms with van der Waals surface area (Å²) in [4.78, 5) is 26.2. The number of halogens is 3. The topological polar surface area (TPSA) is 87.7 Å². The Morgan fingerprint density at radius 2 is 1.94 bits per heavy atom. The molecule has 3 N–H and O–H groups in total. The second-order valence-electron chi connectivity index (χ2n) is 8.23. The molecule has 5 rings (SSSR count). The first kappa shape index (κ1) is 20.7. The zero-order chi connectivity index (χ0) is 22.0. The van der Waals surface area contributed by atoms with Gasteiger partial charge in [-0.3, -0.25) is 14.9 Å². The van der Waals surface area contributed by atoms with Crippen molar-refractivity contribution in [1.29, 1.82) is 0 Å². The van der Waals surface area contributed by atoms with Gasteiger partial charge in [0.25, 0.3) is 0 Å². The van der Waals surface area contributed by atoms with Crippen LogP contribution in [-0.4, -0.2) is 41.8 Å². The molecule has 9 heteroatoms. The van der Waals surface area contributed by atoms with E-state index in [0.717, 1.165) is 0 Å². The summed E-state index contributed by atoms with van der Waals surface area (Å²) < 4.78 is 20.9. The zero-order valence-electron chi connectivity index (χ0n) is 16.3. The molecule has 2 fully saturated rings. The van der Waals surface area contributed by atoms with Crippen molar-refractivity contribution in [3.05, 3.63) is 63.4 Å². The molecule has 2 spiro atoms. The first-order valence-corrected chi connectivity index (χ1v) is 10.7. The fourth-order valence-electron chi connectivity index (χ4n) is 5.77. The van der Waals surface area contributed by atoms with E-state index in [1.807, 2.05) is 0 Å². The van der Waals surface area contributed by atoms with Crippen LogP contribution in [0.5, 0.6) is 0 Å². The number of rotatable bonds is 2. The third kappa shape index (κ3) is 2.70. The molecular formula is C22H19Cl2FN2O4. The number of carboxylic acid groups (broad SMARTS) is 1. The third-order valence-electron chi connectivity index (χ3n) is 6.93. The molecule has 2 aromatic carbocycles. The van der Waals surface area contributed by atoms with E-state index >= 15 is 4.39 Å². The fourth-order valence-corrected chi connectivity index (χ4v) is 6.12. The largest absolute Gasteiger partial charge is 0.480 e. The Morgan fingerprint density at radius 3 is 2.65 bits per heavy atom. The molecule has 3 aliphatic rings. The van der Waals surface area contributed by atoms with Crippen LogP contribution < -0.4 is 10.6 Å². The molecule has 6 nitrogen and oxygen atoms in total. The third-order valence-corrected chi connectivity index (χ3v) is 7.46. The molecule has 0 bridgehead atoms. The summed E-state index contributed by atoms with van der Waals surface area (Å²) in [7, 11) is 0. The fraction of sp³-hybridized carbons (Fsp3) is 0.364. The lowest BCUT2D eigenvalue weighted by Crippen LogP contribution is -2.61. The Kier molecular flexibility index (Phi) is 4.79. The van der Waals surface area contributed by atoms with Gasteiger partial charge in [-0.2, -0.15) is 0 Å². The molecule has 3 aliphatic heterocycles. The second kappa shape index (κ2) is 7.17. The number of nitrogens with one attached hydrogen (secondary N) is 2. The van der Waals surface area contributed by atoms with Crippen molar-refractivity contribution in [1.82, 2.24) is 5.32 Å². The van der Waals surface area contributed by atoms with E-state index in [9.17, 15) is 14.7 Å². The summed E-state index contributed by atoms with van der Waals surface area (Å²) in [6.07, 6.45) is 0.788. The minimum Gasteiger partial charge on any atom is -0.480 e. The molecule has 2 aromatic rings. The predicted molar refractivity (Wildman–Crippen MR) is 113 cm³/mol. The molecule has 0 saturated carbocycles. The summed E-state index contributed by atoms with van der Waals surface area (Å²) >= 11 is 12.2. The number of amides is 1. The average molecular weight is 465 g/mol. The molecular weight excluding hydrogens is 446 g/mol. The van der Waals surface area contributed by atoms with Crippen molar-refractivity contribution in [2.75, 3.05) is 18.5 Å². The van der Waals surface area contributed by atoms with Crippen LogP contribution in [0.3, 0.4) is 0 Å². The van der Waals surface area contributed by atoms with E-state index in [0.29, 0.717) is 42.3 Å². The van der Waals surface area contributed by atoms with Gasteiger partial charge in [-0.25, -0.2) is 4.39 Å². The van der Waals surface area contributed by atoms with Gasteiger partial charge in [-0.05, 0) is 42.2 Å². The van der Waals surface area contributed by atoms with Crippen LogP contribution in [0.15, 0.2) is 36.4 Å². The zero-order valence-corrected chi connectivity index (χ0v) is 17.8. The molecule has 0 aliphatic carbocycles. The number of aliphatic carboxylic acids is 1. The first-order valence-electron chi connectivity index (χ1n) is 9.95. The first-order chi connectivity index (χ1) is 14.8. The van der Waals surface area contributed by atoms with Gasteiger partial charge in [0.05, 0.1) is 5.02 Å². The maximum atomic E-state index is 15.3. The molecule has 3 heterocycles. The molecule has 31 heavy (non-hydrogen) atoms. The smallest absolute Gasteiger partial charge is 0.321 e. The maximum absolute atomic E-state index is 15.3. The number of benzene rings is 2. The highest BCUT2D eigenvalue weighted by molar-refractivity contribution is 6.31. The Labute approximate surface area is 187 Å². The number of hydrogen-bond donors (Lipinski definition) is 3. The van der Waals surface area contributed by atoms with E-state index in [4.69, 9.17) is 27.9 Å². The van der Waals surface area contributed by atoms with E-state index < -0.39 is 34.7 Å². The summed E-state index contributed by atoms with van der Waals surface area (Å²) in [6, 6.07) is 8.29. The van der Waals surface area contributed by atoms with Crippen molar-refractivity contribution in [2.24, 2.45) is 0 Å². The van der Waals surface area contributed by atoms with E-state index in [-0.39, 0.29) is 16.5 Å². The normalized spacial score (nSPS) is 28.7. The van der Waals surface area contributed by atoms with Crippen LogP contribution in [0.1, 0.15) is 29.9 Å². The van der Waals surface area contributed by atoms with Crippen LogP contribution in [0, 0.1) is 5.82 Å². The van der Waals surface area contributed by atoms with Crippen LogP contribution in [0.2, 0.25) is 10.0 Å². The summed E-state index contributed by atoms with van der Waals surface area (Å²) in [5, 5.41) is 16.6. The SMILES string of the molecule is O=C(O)[C@@H]1NC2(CCOCC2)[C@@]2(C(=O)Nc3cc(Cl)ccc32)[C@H]1c1cccc(Cl)c1F. The molecule has 3 atom stereocenters. The lowest BCUT2D eigenvalue weighted by Gasteiger charge is -2.46. The molecule has 1 amide bonds. The van der Waals surface area contributed by atoms with Crippen molar-refractivity contribution in [2.45, 2.75) is 35.8 Å². The standard InChI is InChI=1S/C22H19Cl2FN2O4/c23-11-4-5-13-15(10-11)26-20(30)22(13)16(12-2-1-3-14(24)17(12)25)18(19(28)29)27-21(22)6-8-31-9-7-21/h1-5,10,16,18,27H,6-9H2,(H,26,30)(H,28,29)/t16-,18+,22+/m0/s1. The van der Waals surface area contributed by atoms with Crippen molar-refractivity contribution < 1.29 is 23.8 Å². The van der Waals surface area contributed by atoms with Gasteiger partial charge in [-0.1, -0.05) is 41.4 Å². The van der Waals surface area contributed by atoms with Gasteiger partial charge in [0.1, 0.15) is 17.3 Å². The summed E-state index contributed by atoms with van der Waals surface area (Å²) in [6.45, 7) is 0.698. The van der Waals surface area contributed by atoms with Crippen molar-refractivity contribution in [3.63, 3.8) is 0 Å². The second-order valence-corrected chi connectivity index (χ2v) is 9.07. The Bertz CT molecular complexity index is 1100. The number of carboxylic acids is 1. The highest BCUT2D eigenvalue weighted by atomic mass is 35.5. The average Bonchev–Trinajstić information content (AvgIpc) is 3.18. The van der Waals surface area contributed by atoms with Gasteiger partial charge >= 0.3 is 5.97 Å².